The second-order valence-electron chi connectivity index (χ2n) is 13.9. The summed E-state index contributed by atoms with van der Waals surface area (Å²) in [6.07, 6.45) is 4.50. The van der Waals surface area contributed by atoms with Gasteiger partial charge < -0.3 is 29.2 Å². The fourth-order valence-corrected chi connectivity index (χ4v) is 11.7. The minimum atomic E-state index is -1.58. The van der Waals surface area contributed by atoms with Gasteiger partial charge >= 0.3 is 5.97 Å². The van der Waals surface area contributed by atoms with Crippen LogP contribution in [-0.2, 0) is 23.7 Å². The molecule has 41 heavy (non-hydrogen) atoms. The molecule has 6 fully saturated rings. The fraction of sp³-hybridized carbons (Fsp3) is 0.727. The summed E-state index contributed by atoms with van der Waals surface area (Å²) in [7, 11) is 5.13. The number of aliphatic hydroxyl groups is 2. The van der Waals surface area contributed by atoms with Crippen molar-refractivity contribution in [1.29, 1.82) is 0 Å². The Labute approximate surface area is 243 Å². The summed E-state index contributed by atoms with van der Waals surface area (Å²) in [5, 5.41) is 26.3. The monoisotopic (exact) mass is 567 g/mol. The molecule has 0 radical (unpaired) electrons. The van der Waals surface area contributed by atoms with Crippen LogP contribution in [0.5, 0.6) is 0 Å². The van der Waals surface area contributed by atoms with Gasteiger partial charge in [0, 0.05) is 63.5 Å². The van der Waals surface area contributed by atoms with Crippen LogP contribution in [0.1, 0.15) is 45.1 Å². The predicted octanol–water partition coefficient (Wildman–Crippen LogP) is 2.91. The van der Waals surface area contributed by atoms with Crippen LogP contribution in [0.3, 0.4) is 0 Å². The van der Waals surface area contributed by atoms with Gasteiger partial charge in [-0.25, -0.2) is 4.79 Å². The SMILES string of the molecule is CCN1C[C@]2(C)CC[C@H](OC)[C@@]34[C@@H]5C[C@H]6[C@H](OC(=O)/C=C\c7ccccc7)[C@@H]5[C@](O)(C[C@@H]6OC)[C@](O)([C@@H](OC)[C@H]23)[C@@H]14. The third kappa shape index (κ3) is 3.24. The predicted molar refractivity (Wildman–Crippen MR) is 152 cm³/mol. The number of benzene rings is 1. The van der Waals surface area contributed by atoms with Crippen LogP contribution in [0.2, 0.25) is 0 Å². The van der Waals surface area contributed by atoms with E-state index < -0.39 is 40.7 Å². The molecule has 5 saturated carbocycles. The van der Waals surface area contributed by atoms with E-state index in [-0.39, 0.29) is 47.8 Å². The van der Waals surface area contributed by atoms with Crippen LogP contribution in [0.4, 0.5) is 0 Å². The highest BCUT2D eigenvalue weighted by molar-refractivity contribution is 5.87. The smallest absolute Gasteiger partial charge is 0.331 e. The molecule has 13 atom stereocenters. The number of likely N-dealkylation sites (N-methyl/N-ethyl adjacent to an activating group) is 1. The molecule has 5 aliphatic carbocycles. The van der Waals surface area contributed by atoms with E-state index in [9.17, 15) is 15.0 Å². The molecule has 1 aromatic carbocycles. The first-order chi connectivity index (χ1) is 19.6. The zero-order chi connectivity index (χ0) is 28.9. The van der Waals surface area contributed by atoms with Crippen LogP contribution in [0.25, 0.3) is 6.08 Å². The van der Waals surface area contributed by atoms with Gasteiger partial charge in [-0.1, -0.05) is 44.2 Å². The minimum Gasteiger partial charge on any atom is -0.458 e. The number of hydrogen-bond acceptors (Lipinski definition) is 8. The van der Waals surface area contributed by atoms with Gasteiger partial charge in [0.2, 0.25) is 0 Å². The Morgan fingerprint density at radius 1 is 1.12 bits per heavy atom. The quantitative estimate of drug-likeness (QED) is 0.384. The van der Waals surface area contributed by atoms with Gasteiger partial charge in [0.15, 0.2) is 0 Å². The lowest BCUT2D eigenvalue weighted by molar-refractivity contribution is -0.317. The molecule has 1 spiro atoms. The van der Waals surface area contributed by atoms with Gasteiger partial charge in [-0.05, 0) is 48.8 Å². The summed E-state index contributed by atoms with van der Waals surface area (Å²) in [5.74, 6) is -0.993. The molecule has 1 saturated heterocycles. The molecule has 6 aliphatic rings. The zero-order valence-electron chi connectivity index (χ0n) is 24.9. The van der Waals surface area contributed by atoms with Gasteiger partial charge in [-0.3, -0.25) is 4.90 Å². The number of carbonyl (C=O) groups excluding carboxylic acids is 1. The second kappa shape index (κ2) is 9.34. The lowest BCUT2D eigenvalue weighted by Gasteiger charge is -2.69. The molecule has 0 unspecified atom stereocenters. The topological polar surface area (TPSA) is 97.7 Å². The Morgan fingerprint density at radius 3 is 2.54 bits per heavy atom. The van der Waals surface area contributed by atoms with Crippen LogP contribution in [0.15, 0.2) is 36.4 Å². The number of hydrogen-bond donors (Lipinski definition) is 2. The largest absolute Gasteiger partial charge is 0.458 e. The second-order valence-corrected chi connectivity index (χ2v) is 13.9. The molecule has 8 heteroatoms. The molecule has 7 bridgehead atoms. The molecule has 1 heterocycles. The number of rotatable bonds is 7. The summed E-state index contributed by atoms with van der Waals surface area (Å²) in [5.41, 5.74) is -2.80. The summed E-state index contributed by atoms with van der Waals surface area (Å²) in [6, 6.07) is 9.32. The van der Waals surface area contributed by atoms with E-state index in [1.165, 1.54) is 6.08 Å². The molecule has 1 aliphatic heterocycles. The Balaban J connectivity index is 1.38. The Hall–Kier alpha value is -1.81. The molecule has 224 valence electrons. The van der Waals surface area contributed by atoms with Gasteiger partial charge in [0.25, 0.3) is 0 Å². The first-order valence-corrected chi connectivity index (χ1v) is 15.4. The number of piperidine rings is 1. The normalized spacial score (nSPS) is 51.2. The van der Waals surface area contributed by atoms with E-state index in [1.54, 1.807) is 27.4 Å². The summed E-state index contributed by atoms with van der Waals surface area (Å²) < 4.78 is 25.0. The highest BCUT2D eigenvalue weighted by Gasteiger charge is 2.91. The number of nitrogens with zero attached hydrogens (tertiary/aromatic N) is 1. The van der Waals surface area contributed by atoms with E-state index in [0.29, 0.717) is 0 Å². The van der Waals surface area contributed by atoms with Crippen molar-refractivity contribution in [2.75, 3.05) is 34.4 Å². The molecule has 1 aromatic rings. The third-order valence-corrected chi connectivity index (χ3v) is 12.7. The van der Waals surface area contributed by atoms with Crippen molar-refractivity contribution < 1.29 is 34.0 Å². The lowest BCUT2D eigenvalue weighted by atomic mass is 9.43. The molecule has 0 aromatic heterocycles. The first-order valence-electron chi connectivity index (χ1n) is 15.4. The van der Waals surface area contributed by atoms with Crippen molar-refractivity contribution in [3.63, 3.8) is 0 Å². The Kier molecular flexibility index (Phi) is 6.38. The minimum absolute atomic E-state index is 0.00481. The van der Waals surface area contributed by atoms with E-state index in [4.69, 9.17) is 18.9 Å². The van der Waals surface area contributed by atoms with Crippen molar-refractivity contribution in [3.05, 3.63) is 42.0 Å². The van der Waals surface area contributed by atoms with E-state index in [2.05, 4.69) is 18.7 Å². The van der Waals surface area contributed by atoms with Gasteiger partial charge in [0.05, 0.1) is 24.4 Å². The van der Waals surface area contributed by atoms with Crippen LogP contribution < -0.4 is 0 Å². The highest BCUT2D eigenvalue weighted by atomic mass is 16.6. The van der Waals surface area contributed by atoms with Gasteiger partial charge in [-0.15, -0.1) is 0 Å². The van der Waals surface area contributed by atoms with Crippen LogP contribution >= 0.6 is 0 Å². The number of methoxy groups -OCH3 is 3. The van der Waals surface area contributed by atoms with E-state index in [0.717, 1.165) is 37.9 Å². The van der Waals surface area contributed by atoms with Gasteiger partial charge in [0.1, 0.15) is 17.3 Å². The average molecular weight is 568 g/mol. The molecule has 7 rings (SSSR count). The molecule has 8 nitrogen and oxygen atoms in total. The third-order valence-electron chi connectivity index (χ3n) is 12.7. The Bertz CT molecular complexity index is 1230. The average Bonchev–Trinajstić information content (AvgIpc) is 3.37. The van der Waals surface area contributed by atoms with E-state index in [1.807, 2.05) is 30.3 Å². The van der Waals surface area contributed by atoms with Crippen LogP contribution in [-0.4, -0.2) is 97.2 Å². The standard InChI is InChI=1S/C33H45NO7/c1-6-34-18-30(2)15-14-23(39-4)32-21-16-20-22(38-3)17-31(36,33(37,29(32)34)28(40-5)27(30)32)25(21)26(20)41-24(35)13-12-19-10-8-7-9-11-19/h7-13,20-23,25-29,36-37H,6,14-18H2,1-5H3/b13-12-/t20-,21-,22+,23+,25-,26+,27-,28+,29+,30+,31-,32+,33+/m1/s1. The van der Waals surface area contributed by atoms with Crippen molar-refractivity contribution in [2.45, 2.75) is 81.2 Å². The lowest BCUT2D eigenvalue weighted by Crippen LogP contribution is -2.81. The summed E-state index contributed by atoms with van der Waals surface area (Å²) in [4.78, 5) is 15.7. The molecular weight excluding hydrogens is 522 g/mol. The number of likely N-dealkylation sites (tertiary alicyclic amines) is 1. The maximum atomic E-state index is 13.3. The van der Waals surface area contributed by atoms with Crippen molar-refractivity contribution in [2.24, 2.45) is 34.5 Å². The molecular formula is C33H45NO7. The maximum absolute atomic E-state index is 13.3. The fourth-order valence-electron chi connectivity index (χ4n) is 11.7. The number of fused-ring (bicyclic) bond motifs is 2. The van der Waals surface area contributed by atoms with Crippen molar-refractivity contribution in [1.82, 2.24) is 4.90 Å². The van der Waals surface area contributed by atoms with Crippen molar-refractivity contribution >= 4 is 12.0 Å². The van der Waals surface area contributed by atoms with E-state index >= 15 is 0 Å². The zero-order valence-corrected chi connectivity index (χ0v) is 24.9. The molecule has 0 amide bonds. The number of ether oxygens (including phenoxy) is 4. The van der Waals surface area contributed by atoms with Crippen molar-refractivity contribution in [3.8, 4) is 0 Å². The maximum Gasteiger partial charge on any atom is 0.331 e. The number of carbonyl (C=O) groups is 1. The summed E-state index contributed by atoms with van der Waals surface area (Å²) >= 11 is 0. The highest BCUT2D eigenvalue weighted by Crippen LogP contribution is 2.80. The molecule has 2 N–H and O–H groups in total. The van der Waals surface area contributed by atoms with Crippen LogP contribution in [0, 0.1) is 34.5 Å². The van der Waals surface area contributed by atoms with Gasteiger partial charge in [-0.2, -0.15) is 0 Å². The first kappa shape index (κ1) is 28.0. The summed E-state index contributed by atoms with van der Waals surface area (Å²) in [6.45, 7) is 6.10. The Morgan fingerprint density at radius 2 is 1.88 bits per heavy atom. The number of esters is 1.